The minimum atomic E-state index is -0.0934. The lowest BCUT2D eigenvalue weighted by Crippen LogP contribution is -2.17. The molecule has 7 heteroatoms. The molecule has 0 radical (unpaired) electrons. The molecule has 2 aromatic rings. The monoisotopic (exact) mass is 319 g/mol. The van der Waals surface area contributed by atoms with Gasteiger partial charge >= 0.3 is 0 Å². The van der Waals surface area contributed by atoms with Crippen LogP contribution in [0, 0.1) is 13.8 Å². The molecule has 22 heavy (non-hydrogen) atoms. The molecule has 1 amide bonds. The lowest BCUT2D eigenvalue weighted by molar-refractivity contribution is -0.113. The Morgan fingerprint density at radius 2 is 1.91 bits per heavy atom. The number of hydrogen-bond donors (Lipinski definition) is 2. The lowest BCUT2D eigenvalue weighted by atomic mass is 10.1. The molecule has 2 rings (SSSR count). The number of benzene rings is 1. The molecule has 0 aliphatic carbocycles. The van der Waals surface area contributed by atoms with E-state index in [-0.39, 0.29) is 17.6 Å². The predicted molar refractivity (Wildman–Crippen MR) is 89.5 cm³/mol. The first-order valence-electron chi connectivity index (χ1n) is 7.08. The highest BCUT2D eigenvalue weighted by molar-refractivity contribution is 7.99. The van der Waals surface area contributed by atoms with E-state index in [1.165, 1.54) is 16.4 Å². The van der Waals surface area contributed by atoms with Crippen LogP contribution < -0.4 is 11.2 Å². The van der Waals surface area contributed by atoms with Crippen LogP contribution in [0.2, 0.25) is 0 Å². The highest BCUT2D eigenvalue weighted by Gasteiger charge is 2.14. The van der Waals surface area contributed by atoms with E-state index in [2.05, 4.69) is 21.6 Å². The zero-order valence-corrected chi connectivity index (χ0v) is 14.1. The van der Waals surface area contributed by atoms with Gasteiger partial charge in [0.15, 0.2) is 5.82 Å². The van der Waals surface area contributed by atoms with E-state index in [9.17, 15) is 4.79 Å². The Labute approximate surface area is 134 Å². The van der Waals surface area contributed by atoms with Crippen molar-refractivity contribution >= 4 is 23.4 Å². The fourth-order valence-electron chi connectivity index (χ4n) is 2.15. The van der Waals surface area contributed by atoms with Crippen LogP contribution in [0.5, 0.6) is 0 Å². The van der Waals surface area contributed by atoms with E-state index in [0.717, 1.165) is 16.8 Å². The van der Waals surface area contributed by atoms with Crippen LogP contribution in [-0.2, 0) is 4.79 Å². The van der Waals surface area contributed by atoms with Crippen molar-refractivity contribution in [3.05, 3.63) is 35.2 Å². The minimum absolute atomic E-state index is 0.0934. The fraction of sp³-hybridized carbons (Fsp3) is 0.400. The van der Waals surface area contributed by atoms with E-state index < -0.39 is 0 Å². The van der Waals surface area contributed by atoms with E-state index >= 15 is 0 Å². The number of aryl methyl sites for hydroxylation is 2. The number of nitrogens with zero attached hydrogens (tertiary/aromatic N) is 3. The maximum atomic E-state index is 12.0. The molecule has 0 bridgehead atoms. The molecule has 1 aromatic carbocycles. The van der Waals surface area contributed by atoms with Crippen molar-refractivity contribution in [3.63, 3.8) is 0 Å². The molecule has 0 aliphatic rings. The van der Waals surface area contributed by atoms with Gasteiger partial charge in [-0.1, -0.05) is 31.7 Å². The molecular formula is C15H21N5OS. The average molecular weight is 319 g/mol. The third-order valence-corrected chi connectivity index (χ3v) is 3.99. The van der Waals surface area contributed by atoms with Crippen LogP contribution in [-0.4, -0.2) is 26.5 Å². The Bertz CT molecular complexity index is 660. The fourth-order valence-corrected chi connectivity index (χ4v) is 2.82. The topological polar surface area (TPSA) is 85.8 Å². The summed E-state index contributed by atoms with van der Waals surface area (Å²) in [6, 6.07) is 5.95. The zero-order valence-electron chi connectivity index (χ0n) is 13.3. The van der Waals surface area contributed by atoms with Gasteiger partial charge in [-0.3, -0.25) is 4.79 Å². The number of nitrogens with two attached hydrogens (primary N) is 1. The molecule has 0 unspecified atom stereocenters. The van der Waals surface area contributed by atoms with Crippen molar-refractivity contribution < 1.29 is 4.79 Å². The van der Waals surface area contributed by atoms with Crippen molar-refractivity contribution in [1.82, 2.24) is 14.9 Å². The van der Waals surface area contributed by atoms with Crippen molar-refractivity contribution in [3.8, 4) is 0 Å². The molecule has 0 atom stereocenters. The Morgan fingerprint density at radius 3 is 2.45 bits per heavy atom. The van der Waals surface area contributed by atoms with Crippen LogP contribution in [0.1, 0.15) is 36.7 Å². The smallest absolute Gasteiger partial charge is 0.234 e. The Hall–Kier alpha value is -2.02. The lowest BCUT2D eigenvalue weighted by Gasteiger charge is -2.08. The Kier molecular flexibility index (Phi) is 5.07. The maximum absolute atomic E-state index is 12.0. The van der Waals surface area contributed by atoms with Gasteiger partial charge in [0.25, 0.3) is 0 Å². The Morgan fingerprint density at radius 1 is 1.27 bits per heavy atom. The summed E-state index contributed by atoms with van der Waals surface area (Å²) in [6.45, 7) is 7.99. The summed E-state index contributed by atoms with van der Waals surface area (Å²) < 4.78 is 1.44. The van der Waals surface area contributed by atoms with Gasteiger partial charge in [-0.25, -0.2) is 4.68 Å². The first-order chi connectivity index (χ1) is 10.4. The number of aromatic nitrogens is 3. The van der Waals surface area contributed by atoms with E-state index in [4.69, 9.17) is 5.84 Å². The maximum Gasteiger partial charge on any atom is 0.234 e. The third kappa shape index (κ3) is 4.00. The summed E-state index contributed by atoms with van der Waals surface area (Å²) >= 11 is 1.27. The summed E-state index contributed by atoms with van der Waals surface area (Å²) in [5, 5.41) is 11.5. The van der Waals surface area contributed by atoms with E-state index in [0.29, 0.717) is 11.0 Å². The first kappa shape index (κ1) is 16.4. The van der Waals surface area contributed by atoms with Gasteiger partial charge in [0.05, 0.1) is 5.75 Å². The van der Waals surface area contributed by atoms with Crippen LogP contribution in [0.3, 0.4) is 0 Å². The highest BCUT2D eigenvalue weighted by atomic mass is 32.2. The van der Waals surface area contributed by atoms with E-state index in [1.807, 2.05) is 39.8 Å². The van der Waals surface area contributed by atoms with Crippen LogP contribution >= 0.6 is 11.8 Å². The average Bonchev–Trinajstić information content (AvgIpc) is 2.76. The number of rotatable bonds is 5. The van der Waals surface area contributed by atoms with Gasteiger partial charge in [-0.15, -0.1) is 10.2 Å². The molecule has 0 spiro atoms. The van der Waals surface area contributed by atoms with Gasteiger partial charge in [0, 0.05) is 11.6 Å². The van der Waals surface area contributed by atoms with Gasteiger partial charge < -0.3 is 11.2 Å². The summed E-state index contributed by atoms with van der Waals surface area (Å²) in [6.07, 6.45) is 0. The van der Waals surface area contributed by atoms with Crippen LogP contribution in [0.4, 0.5) is 5.69 Å². The van der Waals surface area contributed by atoms with Crippen molar-refractivity contribution in [2.75, 3.05) is 16.9 Å². The second-order valence-electron chi connectivity index (χ2n) is 5.58. The Balaban J connectivity index is 1.95. The normalized spacial score (nSPS) is 11.0. The molecule has 0 saturated carbocycles. The number of carbonyl (C=O) groups is 1. The molecule has 1 heterocycles. The van der Waals surface area contributed by atoms with Crippen LogP contribution in [0.15, 0.2) is 23.4 Å². The van der Waals surface area contributed by atoms with Gasteiger partial charge in [0.1, 0.15) is 0 Å². The third-order valence-electron chi connectivity index (χ3n) is 3.05. The molecule has 1 aromatic heterocycles. The molecule has 6 nitrogen and oxygen atoms in total. The van der Waals surface area contributed by atoms with Gasteiger partial charge in [-0.2, -0.15) is 0 Å². The number of nitrogen functional groups attached to an aromatic ring is 1. The summed E-state index contributed by atoms with van der Waals surface area (Å²) in [5.41, 5.74) is 3.04. The standard InChI is InChI=1S/C15H21N5OS/c1-9(2)14-18-19-15(20(14)16)22-8-13(21)17-12-6-10(3)5-11(4)7-12/h5-7,9H,8,16H2,1-4H3,(H,17,21). The summed E-state index contributed by atoms with van der Waals surface area (Å²) in [4.78, 5) is 12.0. The zero-order chi connectivity index (χ0) is 16.3. The molecule has 0 aliphatic heterocycles. The minimum Gasteiger partial charge on any atom is -0.336 e. The molecule has 0 saturated heterocycles. The van der Waals surface area contributed by atoms with Crippen molar-refractivity contribution in [1.29, 1.82) is 0 Å². The predicted octanol–water partition coefficient (Wildman–Crippen LogP) is 2.46. The number of nitrogens with one attached hydrogen (secondary N) is 1. The molecule has 118 valence electrons. The highest BCUT2D eigenvalue weighted by Crippen LogP contribution is 2.19. The van der Waals surface area contributed by atoms with E-state index in [1.54, 1.807) is 0 Å². The number of amides is 1. The SMILES string of the molecule is Cc1cc(C)cc(NC(=O)CSc2nnc(C(C)C)n2N)c1. The summed E-state index contributed by atoms with van der Waals surface area (Å²) in [7, 11) is 0. The molecule has 0 fully saturated rings. The first-order valence-corrected chi connectivity index (χ1v) is 8.06. The van der Waals surface area contributed by atoms with Gasteiger partial charge in [-0.05, 0) is 37.1 Å². The molecule has 3 N–H and O–H groups in total. The number of carbonyl (C=O) groups excluding carboxylic acids is 1. The largest absolute Gasteiger partial charge is 0.336 e. The quantitative estimate of drug-likeness (QED) is 0.653. The van der Waals surface area contributed by atoms with Crippen LogP contribution in [0.25, 0.3) is 0 Å². The second kappa shape index (κ2) is 6.83. The molecular weight excluding hydrogens is 298 g/mol. The van der Waals surface area contributed by atoms with Gasteiger partial charge in [0.2, 0.25) is 11.1 Å². The van der Waals surface area contributed by atoms with Crippen molar-refractivity contribution in [2.45, 2.75) is 38.8 Å². The number of anilines is 1. The number of thioether (sulfide) groups is 1. The second-order valence-corrected chi connectivity index (χ2v) is 6.52. The summed E-state index contributed by atoms with van der Waals surface area (Å²) in [5.74, 6) is 6.96. The number of hydrogen-bond acceptors (Lipinski definition) is 5. The van der Waals surface area contributed by atoms with Crippen molar-refractivity contribution in [2.24, 2.45) is 0 Å².